The van der Waals surface area contributed by atoms with Gasteiger partial charge in [0.2, 0.25) is 0 Å². The predicted molar refractivity (Wildman–Crippen MR) is 55.8 cm³/mol. The summed E-state index contributed by atoms with van der Waals surface area (Å²) in [6, 6.07) is 0. The molecule has 0 unspecified atom stereocenters. The topological polar surface area (TPSA) is 29.1 Å². The van der Waals surface area contributed by atoms with Crippen molar-refractivity contribution in [1.82, 2.24) is 5.32 Å². The van der Waals surface area contributed by atoms with Crippen LogP contribution in [0, 0.1) is 0 Å². The summed E-state index contributed by atoms with van der Waals surface area (Å²) in [6.45, 7) is 3.51. The molecule has 0 aromatic heterocycles. The molecule has 0 aromatic carbocycles. The molecular weight excluding hydrogens is 190 g/mol. The number of hydrogen-bond acceptors (Lipinski definition) is 3. The first-order chi connectivity index (χ1) is 5.74. The van der Waals surface area contributed by atoms with Gasteiger partial charge in [0, 0.05) is 0 Å². The van der Waals surface area contributed by atoms with E-state index in [-0.39, 0.29) is 5.91 Å². The first kappa shape index (κ1) is 9.22. The maximum atomic E-state index is 11.0. The molecule has 1 rings (SSSR count). The van der Waals surface area contributed by atoms with E-state index < -0.39 is 0 Å². The second-order valence-electron chi connectivity index (χ2n) is 2.00. The molecule has 1 amide bonds. The van der Waals surface area contributed by atoms with Crippen molar-refractivity contribution in [2.45, 2.75) is 0 Å². The number of nitrogens with one attached hydrogen (secondary N) is 1. The smallest absolute Gasteiger partial charge is 0.263 e. The fraction of sp³-hybridized carbons (Fsp3) is 0. The van der Waals surface area contributed by atoms with Crippen LogP contribution in [-0.2, 0) is 4.79 Å². The Labute approximate surface area is 80.4 Å². The third kappa shape index (κ3) is 2.32. The lowest BCUT2D eigenvalue weighted by molar-refractivity contribution is -0.115. The number of thiocarbonyl (C=S) groups is 1. The van der Waals surface area contributed by atoms with E-state index in [1.165, 1.54) is 11.8 Å². The Hall–Kier alpha value is -0.870. The number of carbonyl (C=O) groups is 1. The van der Waals surface area contributed by atoms with E-state index in [1.807, 2.05) is 0 Å². The van der Waals surface area contributed by atoms with E-state index in [9.17, 15) is 4.79 Å². The maximum absolute atomic E-state index is 11.0. The Morgan fingerprint density at radius 3 is 2.75 bits per heavy atom. The minimum Gasteiger partial charge on any atom is -0.307 e. The average molecular weight is 197 g/mol. The number of hydrogen-bond donors (Lipinski definition) is 1. The second-order valence-corrected chi connectivity index (χ2v) is 3.71. The van der Waals surface area contributed by atoms with Crippen LogP contribution in [0.5, 0.6) is 0 Å². The Balaban J connectivity index is 2.69. The number of carbonyl (C=O) groups excluding carboxylic acids is 1. The zero-order chi connectivity index (χ0) is 8.97. The monoisotopic (exact) mass is 197 g/mol. The summed E-state index contributed by atoms with van der Waals surface area (Å²) in [7, 11) is 0. The van der Waals surface area contributed by atoms with E-state index in [0.717, 1.165) is 0 Å². The van der Waals surface area contributed by atoms with Crippen LogP contribution in [0.2, 0.25) is 0 Å². The van der Waals surface area contributed by atoms with Gasteiger partial charge in [0.25, 0.3) is 5.91 Å². The molecule has 0 aliphatic carbocycles. The molecule has 0 atom stereocenters. The minimum absolute atomic E-state index is 0.126. The number of allylic oxidation sites excluding steroid dienone is 4. The van der Waals surface area contributed by atoms with Crippen LogP contribution in [0.3, 0.4) is 0 Å². The number of amides is 1. The number of thioether (sulfide) groups is 1. The van der Waals surface area contributed by atoms with Crippen molar-refractivity contribution >= 4 is 34.2 Å². The number of rotatable bonds is 2. The summed E-state index contributed by atoms with van der Waals surface area (Å²) < 4.78 is 0.512. The Morgan fingerprint density at radius 2 is 2.25 bits per heavy atom. The molecular formula is C8H7NOS2. The molecule has 2 nitrogen and oxygen atoms in total. The molecule has 1 heterocycles. The van der Waals surface area contributed by atoms with Crippen LogP contribution in [-0.4, -0.2) is 10.2 Å². The molecule has 1 saturated heterocycles. The van der Waals surface area contributed by atoms with Gasteiger partial charge < -0.3 is 5.32 Å². The molecule has 0 saturated carbocycles. The summed E-state index contributed by atoms with van der Waals surface area (Å²) in [5, 5.41) is 2.52. The van der Waals surface area contributed by atoms with Gasteiger partial charge >= 0.3 is 0 Å². The highest BCUT2D eigenvalue weighted by molar-refractivity contribution is 8.26. The lowest BCUT2D eigenvalue weighted by Crippen LogP contribution is -2.17. The van der Waals surface area contributed by atoms with Crippen molar-refractivity contribution in [3.05, 3.63) is 35.8 Å². The highest BCUT2D eigenvalue weighted by Gasteiger charge is 2.20. The largest absolute Gasteiger partial charge is 0.307 e. The van der Waals surface area contributed by atoms with Crippen LogP contribution in [0.4, 0.5) is 0 Å². The molecule has 1 fully saturated rings. The third-order valence-electron chi connectivity index (χ3n) is 1.14. The predicted octanol–water partition coefficient (Wildman–Crippen LogP) is 1.76. The van der Waals surface area contributed by atoms with Gasteiger partial charge in [-0.05, 0) is 6.08 Å². The first-order valence-electron chi connectivity index (χ1n) is 3.26. The zero-order valence-corrected chi connectivity index (χ0v) is 7.87. The average Bonchev–Trinajstić information content (AvgIpc) is 2.31. The van der Waals surface area contributed by atoms with E-state index in [4.69, 9.17) is 12.2 Å². The van der Waals surface area contributed by atoms with Crippen molar-refractivity contribution < 1.29 is 4.79 Å². The molecule has 1 N–H and O–H groups in total. The standard InChI is InChI=1S/C8H7NOS2/c1-2-3-4-5-6-7(10)9-8(11)12-6/h2-5H,1H2,(H,9,10,11)/b4-3?,6-5-. The van der Waals surface area contributed by atoms with Gasteiger partial charge in [-0.25, -0.2) is 0 Å². The van der Waals surface area contributed by atoms with Crippen LogP contribution < -0.4 is 5.32 Å². The van der Waals surface area contributed by atoms with Crippen molar-refractivity contribution in [1.29, 1.82) is 0 Å². The molecule has 0 bridgehead atoms. The Kier molecular flexibility index (Phi) is 3.25. The molecule has 4 heteroatoms. The van der Waals surface area contributed by atoms with Crippen LogP contribution >= 0.6 is 24.0 Å². The van der Waals surface area contributed by atoms with Crippen molar-refractivity contribution in [2.24, 2.45) is 0 Å². The Morgan fingerprint density at radius 1 is 1.50 bits per heavy atom. The van der Waals surface area contributed by atoms with Crippen LogP contribution in [0.1, 0.15) is 0 Å². The van der Waals surface area contributed by atoms with Crippen molar-refractivity contribution in [3.8, 4) is 0 Å². The fourth-order valence-electron chi connectivity index (χ4n) is 0.657. The third-order valence-corrected chi connectivity index (χ3v) is 2.32. The molecule has 62 valence electrons. The Bertz CT molecular complexity index is 291. The van der Waals surface area contributed by atoms with Crippen molar-refractivity contribution in [3.63, 3.8) is 0 Å². The van der Waals surface area contributed by atoms with E-state index in [1.54, 1.807) is 24.3 Å². The minimum atomic E-state index is -0.126. The van der Waals surface area contributed by atoms with E-state index in [2.05, 4.69) is 11.9 Å². The molecule has 0 radical (unpaired) electrons. The summed E-state index contributed by atoms with van der Waals surface area (Å²) in [6.07, 6.45) is 6.86. The highest BCUT2D eigenvalue weighted by Crippen LogP contribution is 2.22. The summed E-state index contributed by atoms with van der Waals surface area (Å²) in [5.41, 5.74) is 0. The molecule has 1 aliphatic heterocycles. The molecule has 0 spiro atoms. The summed E-state index contributed by atoms with van der Waals surface area (Å²) in [4.78, 5) is 11.7. The highest BCUT2D eigenvalue weighted by atomic mass is 32.2. The molecule has 12 heavy (non-hydrogen) atoms. The summed E-state index contributed by atoms with van der Waals surface area (Å²) >= 11 is 6.07. The summed E-state index contributed by atoms with van der Waals surface area (Å²) in [5.74, 6) is -0.126. The van der Waals surface area contributed by atoms with Crippen LogP contribution in [0.25, 0.3) is 0 Å². The van der Waals surface area contributed by atoms with Gasteiger partial charge in [-0.3, -0.25) is 4.79 Å². The van der Waals surface area contributed by atoms with Gasteiger partial charge in [-0.15, -0.1) is 0 Å². The van der Waals surface area contributed by atoms with E-state index >= 15 is 0 Å². The van der Waals surface area contributed by atoms with Gasteiger partial charge in [-0.2, -0.15) is 0 Å². The van der Waals surface area contributed by atoms with Gasteiger partial charge in [-0.1, -0.05) is 48.8 Å². The lowest BCUT2D eigenvalue weighted by atomic mass is 10.4. The zero-order valence-electron chi connectivity index (χ0n) is 6.24. The quantitative estimate of drug-likeness (QED) is 0.415. The normalized spacial score (nSPS) is 20.5. The molecule has 0 aromatic rings. The molecule has 1 aliphatic rings. The van der Waals surface area contributed by atoms with Crippen LogP contribution in [0.15, 0.2) is 35.8 Å². The van der Waals surface area contributed by atoms with Gasteiger partial charge in [0.1, 0.15) is 4.32 Å². The lowest BCUT2D eigenvalue weighted by Gasteiger charge is -1.84. The van der Waals surface area contributed by atoms with Gasteiger partial charge in [0.15, 0.2) is 0 Å². The first-order valence-corrected chi connectivity index (χ1v) is 4.49. The SMILES string of the molecule is C=CC=C/C=C1\SC(=S)NC1=O. The second kappa shape index (κ2) is 4.23. The maximum Gasteiger partial charge on any atom is 0.263 e. The van der Waals surface area contributed by atoms with E-state index in [0.29, 0.717) is 9.23 Å². The van der Waals surface area contributed by atoms with Crippen molar-refractivity contribution in [2.75, 3.05) is 0 Å². The van der Waals surface area contributed by atoms with Gasteiger partial charge in [0.05, 0.1) is 4.91 Å². The fourth-order valence-corrected chi connectivity index (χ4v) is 1.65.